The summed E-state index contributed by atoms with van der Waals surface area (Å²) < 4.78 is 0. The summed E-state index contributed by atoms with van der Waals surface area (Å²) in [5.41, 5.74) is 7.65. The van der Waals surface area contributed by atoms with Crippen molar-refractivity contribution >= 4 is 46.5 Å². The molecule has 1 aromatic heterocycles. The zero-order chi connectivity index (χ0) is 19.8. The molecule has 0 radical (unpaired) electrons. The third-order valence-corrected chi connectivity index (χ3v) is 5.96. The highest BCUT2D eigenvalue weighted by atomic mass is 32.2. The Bertz CT molecular complexity index is 833. The van der Waals surface area contributed by atoms with Crippen molar-refractivity contribution < 1.29 is 14.4 Å². The van der Waals surface area contributed by atoms with Crippen LogP contribution in [0.3, 0.4) is 0 Å². The standard InChI is InChI=1S/C19H23N3O3S2/c1-4-15-13(3)9-16(27-15)19(25)22-21-18(24)11-26-10-17(23)20-14-7-5-6-12(2)8-14/h5-9H,4,10-11H2,1-3H3,(H,20,23)(H,21,24)(H,22,25). The molecule has 0 aliphatic carbocycles. The van der Waals surface area contributed by atoms with Crippen LogP contribution in [0.2, 0.25) is 0 Å². The van der Waals surface area contributed by atoms with E-state index in [9.17, 15) is 14.4 Å². The van der Waals surface area contributed by atoms with E-state index in [1.807, 2.05) is 51.1 Å². The Morgan fingerprint density at radius 2 is 1.78 bits per heavy atom. The van der Waals surface area contributed by atoms with E-state index in [1.54, 1.807) is 0 Å². The molecule has 144 valence electrons. The fourth-order valence-corrected chi connectivity index (χ4v) is 3.99. The number of rotatable bonds is 7. The number of thiophene rings is 1. The Labute approximate surface area is 167 Å². The van der Waals surface area contributed by atoms with Gasteiger partial charge in [0, 0.05) is 10.6 Å². The first-order valence-corrected chi connectivity index (χ1v) is 10.5. The summed E-state index contributed by atoms with van der Waals surface area (Å²) in [7, 11) is 0. The molecule has 0 spiro atoms. The molecule has 0 aliphatic rings. The van der Waals surface area contributed by atoms with Crippen molar-refractivity contribution in [2.24, 2.45) is 0 Å². The Balaban J connectivity index is 1.68. The molecular weight excluding hydrogens is 382 g/mol. The predicted octanol–water partition coefficient (Wildman–Crippen LogP) is 3.06. The lowest BCUT2D eigenvalue weighted by atomic mass is 10.2. The molecule has 0 aliphatic heterocycles. The van der Waals surface area contributed by atoms with Crippen LogP contribution in [0.5, 0.6) is 0 Å². The average Bonchev–Trinajstić information content (AvgIpc) is 3.00. The minimum atomic E-state index is -0.360. The lowest BCUT2D eigenvalue weighted by Crippen LogP contribution is -2.42. The van der Waals surface area contributed by atoms with Crippen molar-refractivity contribution in [2.75, 3.05) is 16.8 Å². The van der Waals surface area contributed by atoms with Gasteiger partial charge < -0.3 is 5.32 Å². The van der Waals surface area contributed by atoms with E-state index < -0.39 is 0 Å². The summed E-state index contributed by atoms with van der Waals surface area (Å²) in [6.45, 7) is 5.95. The van der Waals surface area contributed by atoms with Crippen LogP contribution in [-0.4, -0.2) is 29.2 Å². The lowest BCUT2D eigenvalue weighted by Gasteiger charge is -2.07. The fraction of sp³-hybridized carbons (Fsp3) is 0.316. The van der Waals surface area contributed by atoms with E-state index in [0.29, 0.717) is 4.88 Å². The molecule has 6 nitrogen and oxygen atoms in total. The molecular formula is C19H23N3O3S2. The Morgan fingerprint density at radius 3 is 2.44 bits per heavy atom. The Hall–Kier alpha value is -2.32. The maximum absolute atomic E-state index is 12.1. The molecule has 8 heteroatoms. The van der Waals surface area contributed by atoms with E-state index in [2.05, 4.69) is 16.2 Å². The van der Waals surface area contributed by atoms with Gasteiger partial charge in [0.05, 0.1) is 16.4 Å². The molecule has 1 heterocycles. The first-order chi connectivity index (χ1) is 12.9. The van der Waals surface area contributed by atoms with E-state index in [-0.39, 0.29) is 29.2 Å². The molecule has 2 aromatic rings. The molecule has 3 N–H and O–H groups in total. The molecule has 0 bridgehead atoms. The third kappa shape index (κ3) is 6.73. The van der Waals surface area contributed by atoms with Crippen molar-refractivity contribution in [3.05, 3.63) is 51.2 Å². The van der Waals surface area contributed by atoms with Gasteiger partial charge in [-0.15, -0.1) is 23.1 Å². The molecule has 0 atom stereocenters. The van der Waals surface area contributed by atoms with Crippen LogP contribution in [0.15, 0.2) is 30.3 Å². The molecule has 3 amide bonds. The summed E-state index contributed by atoms with van der Waals surface area (Å²) in [6, 6.07) is 9.32. The second-order valence-corrected chi connectivity index (χ2v) is 8.11. The van der Waals surface area contributed by atoms with Crippen LogP contribution in [0.1, 0.15) is 32.6 Å². The lowest BCUT2D eigenvalue weighted by molar-refractivity contribution is -0.119. The molecule has 0 unspecified atom stereocenters. The van der Waals surface area contributed by atoms with Crippen molar-refractivity contribution in [3.8, 4) is 0 Å². The van der Waals surface area contributed by atoms with E-state index in [0.717, 1.165) is 28.1 Å². The number of benzene rings is 1. The number of anilines is 1. The second-order valence-electron chi connectivity index (χ2n) is 5.98. The number of nitrogens with one attached hydrogen (secondary N) is 3. The largest absolute Gasteiger partial charge is 0.325 e. The second kappa shape index (κ2) is 10.1. The Morgan fingerprint density at radius 1 is 1.04 bits per heavy atom. The topological polar surface area (TPSA) is 87.3 Å². The summed E-state index contributed by atoms with van der Waals surface area (Å²) in [5, 5.41) is 2.78. The molecule has 0 fully saturated rings. The van der Waals surface area contributed by atoms with Crippen molar-refractivity contribution in [2.45, 2.75) is 27.2 Å². The summed E-state index contributed by atoms with van der Waals surface area (Å²) in [5.74, 6) is -0.646. The van der Waals surface area contributed by atoms with Gasteiger partial charge in [-0.05, 0) is 49.6 Å². The highest BCUT2D eigenvalue weighted by Gasteiger charge is 2.13. The number of thioether (sulfide) groups is 1. The summed E-state index contributed by atoms with van der Waals surface area (Å²) in [6.07, 6.45) is 0.872. The van der Waals surface area contributed by atoms with E-state index >= 15 is 0 Å². The number of carbonyl (C=O) groups is 3. The van der Waals surface area contributed by atoms with Gasteiger partial charge in [0.25, 0.3) is 5.91 Å². The summed E-state index contributed by atoms with van der Waals surface area (Å²) >= 11 is 2.60. The van der Waals surface area contributed by atoms with Gasteiger partial charge in [-0.25, -0.2) is 0 Å². The van der Waals surface area contributed by atoms with Gasteiger partial charge in [0.1, 0.15) is 0 Å². The van der Waals surface area contributed by atoms with Gasteiger partial charge >= 0.3 is 0 Å². The van der Waals surface area contributed by atoms with Gasteiger partial charge in [-0.3, -0.25) is 25.2 Å². The van der Waals surface area contributed by atoms with Gasteiger partial charge in [-0.1, -0.05) is 19.1 Å². The monoisotopic (exact) mass is 405 g/mol. The van der Waals surface area contributed by atoms with Crippen LogP contribution < -0.4 is 16.2 Å². The molecule has 0 saturated carbocycles. The maximum atomic E-state index is 12.1. The average molecular weight is 406 g/mol. The number of hydrazine groups is 1. The minimum absolute atomic E-state index is 0.0746. The molecule has 2 rings (SSSR count). The SMILES string of the molecule is CCc1sc(C(=O)NNC(=O)CSCC(=O)Nc2cccc(C)c2)cc1C. The fourth-order valence-electron chi connectivity index (χ4n) is 2.36. The smallest absolute Gasteiger partial charge is 0.279 e. The van der Waals surface area contributed by atoms with E-state index in [4.69, 9.17) is 0 Å². The number of hydrogen-bond acceptors (Lipinski definition) is 5. The van der Waals surface area contributed by atoms with Crippen molar-refractivity contribution in [1.29, 1.82) is 0 Å². The number of hydrogen-bond donors (Lipinski definition) is 3. The quantitative estimate of drug-likeness (QED) is 0.618. The zero-order valence-electron chi connectivity index (χ0n) is 15.5. The van der Waals surface area contributed by atoms with Gasteiger partial charge in [0.15, 0.2) is 0 Å². The first kappa shape index (κ1) is 21.0. The van der Waals surface area contributed by atoms with Crippen LogP contribution in [0.25, 0.3) is 0 Å². The molecule has 27 heavy (non-hydrogen) atoms. The highest BCUT2D eigenvalue weighted by Crippen LogP contribution is 2.22. The van der Waals surface area contributed by atoms with Crippen molar-refractivity contribution in [1.82, 2.24) is 10.9 Å². The van der Waals surface area contributed by atoms with Gasteiger partial charge in [-0.2, -0.15) is 0 Å². The number of amides is 3. The van der Waals surface area contributed by atoms with Crippen molar-refractivity contribution in [3.63, 3.8) is 0 Å². The zero-order valence-corrected chi connectivity index (χ0v) is 17.2. The number of carbonyl (C=O) groups excluding carboxylic acids is 3. The highest BCUT2D eigenvalue weighted by molar-refractivity contribution is 8.00. The third-order valence-electron chi connectivity index (χ3n) is 3.65. The number of aryl methyl sites for hydroxylation is 3. The first-order valence-electron chi connectivity index (χ1n) is 8.51. The van der Waals surface area contributed by atoms with Crippen LogP contribution >= 0.6 is 23.1 Å². The Kier molecular flexibility index (Phi) is 7.87. The molecule has 0 saturated heterocycles. The van der Waals surface area contributed by atoms with Crippen LogP contribution in [0.4, 0.5) is 5.69 Å². The minimum Gasteiger partial charge on any atom is -0.325 e. The van der Waals surface area contributed by atoms with Crippen LogP contribution in [0, 0.1) is 13.8 Å². The summed E-state index contributed by atoms with van der Waals surface area (Å²) in [4.78, 5) is 37.5. The predicted molar refractivity (Wildman–Crippen MR) is 111 cm³/mol. The van der Waals surface area contributed by atoms with E-state index in [1.165, 1.54) is 23.1 Å². The maximum Gasteiger partial charge on any atom is 0.279 e. The van der Waals surface area contributed by atoms with Crippen LogP contribution in [-0.2, 0) is 16.0 Å². The van der Waals surface area contributed by atoms with Gasteiger partial charge in [0.2, 0.25) is 11.8 Å². The molecule has 1 aromatic carbocycles. The normalized spacial score (nSPS) is 10.3.